The van der Waals surface area contributed by atoms with Crippen molar-refractivity contribution in [2.75, 3.05) is 11.4 Å². The van der Waals surface area contributed by atoms with Crippen LogP contribution >= 0.6 is 11.3 Å². The van der Waals surface area contributed by atoms with Crippen molar-refractivity contribution in [3.63, 3.8) is 0 Å². The molecule has 5 heteroatoms. The molecule has 116 valence electrons. The predicted octanol–water partition coefficient (Wildman–Crippen LogP) is 3.95. The highest BCUT2D eigenvalue weighted by molar-refractivity contribution is 7.11. The molecule has 0 bridgehead atoms. The van der Waals surface area contributed by atoms with Gasteiger partial charge < -0.3 is 9.64 Å². The van der Waals surface area contributed by atoms with Crippen LogP contribution in [0.25, 0.3) is 11.3 Å². The molecule has 3 rings (SSSR count). The van der Waals surface area contributed by atoms with Gasteiger partial charge in [-0.05, 0) is 45.4 Å². The molecule has 1 amide bonds. The average molecular weight is 316 g/mol. The maximum Gasteiger partial charge on any atom is 0.268 e. The molecule has 0 saturated heterocycles. The molecular formula is C17H20N2O2S. The molecule has 0 fully saturated rings. The van der Waals surface area contributed by atoms with Gasteiger partial charge in [0.05, 0.1) is 16.4 Å². The third-order valence-corrected chi connectivity index (χ3v) is 4.81. The molecule has 0 N–H and O–H groups in total. The Morgan fingerprint density at radius 3 is 2.68 bits per heavy atom. The van der Waals surface area contributed by atoms with Gasteiger partial charge in [-0.3, -0.25) is 4.79 Å². The summed E-state index contributed by atoms with van der Waals surface area (Å²) in [5.74, 6) is 0.822. The minimum atomic E-state index is -0.374. The van der Waals surface area contributed by atoms with Gasteiger partial charge in [0.2, 0.25) is 0 Å². The lowest BCUT2D eigenvalue weighted by Crippen LogP contribution is -2.45. The number of hydrogen-bond donors (Lipinski definition) is 0. The zero-order chi connectivity index (χ0) is 15.9. The first-order valence-corrected chi connectivity index (χ1v) is 8.43. The Morgan fingerprint density at radius 1 is 1.32 bits per heavy atom. The van der Waals surface area contributed by atoms with Gasteiger partial charge in [-0.25, -0.2) is 4.98 Å². The van der Waals surface area contributed by atoms with Crippen molar-refractivity contribution in [2.45, 2.75) is 40.2 Å². The minimum Gasteiger partial charge on any atom is -0.478 e. The predicted molar refractivity (Wildman–Crippen MR) is 89.8 cm³/mol. The first kappa shape index (κ1) is 15.0. The van der Waals surface area contributed by atoms with Crippen molar-refractivity contribution in [1.82, 2.24) is 4.98 Å². The van der Waals surface area contributed by atoms with Crippen molar-refractivity contribution < 1.29 is 9.53 Å². The number of carbonyl (C=O) groups is 1. The van der Waals surface area contributed by atoms with Crippen LogP contribution in [0, 0.1) is 13.8 Å². The van der Waals surface area contributed by atoms with E-state index in [9.17, 15) is 4.79 Å². The third kappa shape index (κ3) is 2.39. The van der Waals surface area contributed by atoms with Crippen LogP contribution in [-0.2, 0) is 4.79 Å². The molecule has 1 aromatic carbocycles. The summed E-state index contributed by atoms with van der Waals surface area (Å²) in [4.78, 5) is 20.1. The first-order chi connectivity index (χ1) is 10.5. The number of aromatic nitrogens is 1. The number of likely N-dealkylation sites (N-methyl/N-ethyl adjacent to an activating group) is 1. The fourth-order valence-corrected chi connectivity index (χ4v) is 3.69. The van der Waals surface area contributed by atoms with Gasteiger partial charge in [0.25, 0.3) is 5.91 Å². The fraction of sp³-hybridized carbons (Fsp3) is 0.412. The van der Waals surface area contributed by atoms with Crippen LogP contribution in [0.2, 0.25) is 0 Å². The molecule has 0 radical (unpaired) electrons. The quantitative estimate of drug-likeness (QED) is 0.861. The minimum absolute atomic E-state index is 0.0424. The number of carbonyl (C=O) groups excluding carboxylic acids is 1. The highest BCUT2D eigenvalue weighted by Crippen LogP contribution is 2.39. The van der Waals surface area contributed by atoms with Gasteiger partial charge in [0.15, 0.2) is 6.10 Å². The van der Waals surface area contributed by atoms with Crippen LogP contribution in [0.15, 0.2) is 18.2 Å². The Kier molecular flexibility index (Phi) is 3.91. The summed E-state index contributed by atoms with van der Waals surface area (Å²) >= 11 is 1.69. The van der Waals surface area contributed by atoms with Gasteiger partial charge in [-0.2, -0.15) is 0 Å². The van der Waals surface area contributed by atoms with Crippen molar-refractivity contribution in [2.24, 2.45) is 0 Å². The van der Waals surface area contributed by atoms with E-state index < -0.39 is 0 Å². The van der Waals surface area contributed by atoms with Crippen LogP contribution in [0.5, 0.6) is 5.75 Å². The number of aryl methyl sites for hydroxylation is 2. The molecule has 0 aliphatic carbocycles. The highest BCUT2D eigenvalue weighted by atomic mass is 32.1. The first-order valence-electron chi connectivity index (χ1n) is 7.61. The van der Waals surface area contributed by atoms with E-state index >= 15 is 0 Å². The number of ether oxygens (including phenoxy) is 1. The van der Waals surface area contributed by atoms with E-state index in [1.54, 1.807) is 11.3 Å². The Morgan fingerprint density at radius 2 is 2.09 bits per heavy atom. The summed E-state index contributed by atoms with van der Waals surface area (Å²) in [7, 11) is 0. The van der Waals surface area contributed by atoms with Crippen LogP contribution < -0.4 is 9.64 Å². The van der Waals surface area contributed by atoms with Gasteiger partial charge in [0, 0.05) is 17.0 Å². The van der Waals surface area contributed by atoms with Crippen LogP contribution in [-0.4, -0.2) is 23.5 Å². The SMILES string of the molecule is CCC1Oc2ccc(-c3nc(C)sc3C)cc2N(CC)C1=O. The Bertz CT molecular complexity index is 723. The lowest BCUT2D eigenvalue weighted by atomic mass is 10.1. The number of hydrogen-bond acceptors (Lipinski definition) is 4. The maximum atomic E-state index is 12.5. The number of fused-ring (bicyclic) bond motifs is 1. The molecule has 2 heterocycles. The lowest BCUT2D eigenvalue weighted by Gasteiger charge is -2.33. The van der Waals surface area contributed by atoms with Crippen molar-refractivity contribution in [3.8, 4) is 17.0 Å². The number of thiazole rings is 1. The molecule has 1 unspecified atom stereocenters. The van der Waals surface area contributed by atoms with Crippen LogP contribution in [0.1, 0.15) is 30.2 Å². The van der Waals surface area contributed by atoms with E-state index in [1.165, 1.54) is 4.88 Å². The summed E-state index contributed by atoms with van der Waals surface area (Å²) < 4.78 is 5.84. The molecule has 1 aliphatic rings. The largest absolute Gasteiger partial charge is 0.478 e. The van der Waals surface area contributed by atoms with Gasteiger partial charge in [-0.1, -0.05) is 6.92 Å². The molecule has 4 nitrogen and oxygen atoms in total. The van der Waals surface area contributed by atoms with Gasteiger partial charge in [0.1, 0.15) is 5.75 Å². The van der Waals surface area contributed by atoms with E-state index in [0.29, 0.717) is 13.0 Å². The molecule has 2 aromatic rings. The zero-order valence-electron chi connectivity index (χ0n) is 13.3. The molecule has 1 atom stereocenters. The highest BCUT2D eigenvalue weighted by Gasteiger charge is 2.32. The van der Waals surface area contributed by atoms with Crippen LogP contribution in [0.3, 0.4) is 0 Å². The van der Waals surface area contributed by atoms with Gasteiger partial charge >= 0.3 is 0 Å². The second-order valence-corrected chi connectivity index (χ2v) is 6.82. The molecule has 1 aromatic heterocycles. The normalized spacial score (nSPS) is 17.4. The summed E-state index contributed by atoms with van der Waals surface area (Å²) in [5.41, 5.74) is 2.87. The fourth-order valence-electron chi connectivity index (χ4n) is 2.85. The third-order valence-electron chi connectivity index (χ3n) is 3.92. The molecule has 1 aliphatic heterocycles. The molecule has 22 heavy (non-hydrogen) atoms. The molecule has 0 spiro atoms. The van der Waals surface area contributed by atoms with E-state index in [4.69, 9.17) is 4.74 Å². The smallest absolute Gasteiger partial charge is 0.268 e. The maximum absolute atomic E-state index is 12.5. The van der Waals surface area contributed by atoms with E-state index in [2.05, 4.69) is 11.9 Å². The standard InChI is InChI=1S/C17H20N2O2S/c1-5-14-17(20)19(6-2)13-9-12(7-8-15(13)21-14)16-10(3)22-11(4)18-16/h7-9,14H,5-6H2,1-4H3. The van der Waals surface area contributed by atoms with E-state index in [0.717, 1.165) is 27.7 Å². The van der Waals surface area contributed by atoms with Crippen molar-refractivity contribution >= 4 is 22.9 Å². The lowest BCUT2D eigenvalue weighted by molar-refractivity contribution is -0.126. The van der Waals surface area contributed by atoms with E-state index in [1.807, 2.05) is 43.9 Å². The number of nitrogens with zero attached hydrogens (tertiary/aromatic N) is 2. The number of anilines is 1. The van der Waals surface area contributed by atoms with Crippen molar-refractivity contribution in [1.29, 1.82) is 0 Å². The van der Waals surface area contributed by atoms with Gasteiger partial charge in [-0.15, -0.1) is 11.3 Å². The summed E-state index contributed by atoms with van der Waals surface area (Å²) in [6.07, 6.45) is 0.308. The number of amides is 1. The summed E-state index contributed by atoms with van der Waals surface area (Å²) in [5, 5.41) is 1.05. The Balaban J connectivity index is 2.08. The monoisotopic (exact) mass is 316 g/mol. The summed E-state index contributed by atoms with van der Waals surface area (Å²) in [6, 6.07) is 6.00. The van der Waals surface area contributed by atoms with E-state index in [-0.39, 0.29) is 12.0 Å². The topological polar surface area (TPSA) is 42.4 Å². The Hall–Kier alpha value is -1.88. The summed E-state index contributed by atoms with van der Waals surface area (Å²) in [6.45, 7) is 8.69. The van der Waals surface area contributed by atoms with Crippen molar-refractivity contribution in [3.05, 3.63) is 28.1 Å². The average Bonchev–Trinajstić information content (AvgIpc) is 2.85. The number of benzene rings is 1. The van der Waals surface area contributed by atoms with Crippen LogP contribution in [0.4, 0.5) is 5.69 Å². The molecule has 0 saturated carbocycles. The number of rotatable bonds is 3. The zero-order valence-corrected chi connectivity index (χ0v) is 14.2. The molecular weight excluding hydrogens is 296 g/mol. The second-order valence-electron chi connectivity index (χ2n) is 5.42. The second kappa shape index (κ2) is 5.72. The Labute approximate surface area is 134 Å².